The molecule has 0 unspecified atom stereocenters. The van der Waals surface area contributed by atoms with Crippen LogP contribution in [0.25, 0.3) is 106 Å². The predicted molar refractivity (Wildman–Crippen MR) is 297 cm³/mol. The smallest absolute Gasteiger partial charge is 0.149 e. The van der Waals surface area contributed by atoms with Crippen LogP contribution in [0.15, 0.2) is 193 Å². The fourth-order valence-corrected chi connectivity index (χ4v) is 10.0. The molecule has 3 heterocycles. The zero-order chi connectivity index (χ0) is 49.4. The Kier molecular flexibility index (Phi) is 11.0. The highest BCUT2D eigenvalue weighted by Gasteiger charge is 2.30. The van der Waals surface area contributed by atoms with Crippen LogP contribution in [0, 0.1) is 0 Å². The van der Waals surface area contributed by atoms with Crippen LogP contribution in [0.5, 0.6) is 5.75 Å². The number of aromatic nitrogens is 3. The van der Waals surface area contributed by atoms with Gasteiger partial charge in [0, 0.05) is 44.8 Å². The maximum atomic E-state index is 12.7. The number of hydrogen-bond donors (Lipinski definition) is 1. The first-order valence-electron chi connectivity index (χ1n) is 24.7. The van der Waals surface area contributed by atoms with Gasteiger partial charge in [0.1, 0.15) is 22.7 Å². The standard InChI is InChI=1S/C66H59N3O2/c1-64(2,3)47-31-32-57(51(38-47)44-21-14-11-15-22-44)69-58-25-18-24-50(60(58)68-63(69)54-39-48(65(4,5)6)40-55(61(54)70)66(7,8)9)53-36-46(35-52-49-23-16-17-26-59(49)71-62(52)53)56-37-45(33-34-67-56)43-29-27-42(28-30-43)41-19-12-10-13-20-41/h10-40,70H,1-9H3. The fourth-order valence-electron chi connectivity index (χ4n) is 10.0. The van der Waals surface area contributed by atoms with Crippen molar-refractivity contribution in [1.29, 1.82) is 0 Å². The molecule has 5 heteroatoms. The van der Waals surface area contributed by atoms with Crippen LogP contribution < -0.4 is 0 Å². The summed E-state index contributed by atoms with van der Waals surface area (Å²) < 4.78 is 9.15. The number of aromatic hydroxyl groups is 1. The van der Waals surface area contributed by atoms with Gasteiger partial charge in [-0.15, -0.1) is 0 Å². The molecule has 8 aromatic carbocycles. The highest BCUT2D eigenvalue weighted by Crippen LogP contribution is 2.47. The second-order valence-corrected chi connectivity index (χ2v) is 22.1. The summed E-state index contributed by atoms with van der Waals surface area (Å²) in [6.07, 6.45) is 1.90. The molecule has 0 aliphatic carbocycles. The second kappa shape index (κ2) is 17.1. The number of pyridine rings is 1. The molecule has 0 saturated heterocycles. The largest absolute Gasteiger partial charge is 0.507 e. The molecule has 0 aliphatic heterocycles. The zero-order valence-electron chi connectivity index (χ0n) is 42.1. The maximum absolute atomic E-state index is 12.7. The van der Waals surface area contributed by atoms with Gasteiger partial charge >= 0.3 is 0 Å². The Hall–Kier alpha value is -8.02. The zero-order valence-corrected chi connectivity index (χ0v) is 42.1. The van der Waals surface area contributed by atoms with Gasteiger partial charge in [0.2, 0.25) is 0 Å². The highest BCUT2D eigenvalue weighted by molar-refractivity contribution is 6.13. The Bertz CT molecular complexity index is 3800. The molecule has 71 heavy (non-hydrogen) atoms. The molecular formula is C66H59N3O2. The lowest BCUT2D eigenvalue weighted by Gasteiger charge is -2.28. The first kappa shape index (κ1) is 45.4. The van der Waals surface area contributed by atoms with E-state index in [0.29, 0.717) is 11.4 Å². The fraction of sp³-hybridized carbons (Fsp3) is 0.182. The van der Waals surface area contributed by atoms with E-state index in [9.17, 15) is 5.11 Å². The van der Waals surface area contributed by atoms with E-state index in [-0.39, 0.29) is 22.0 Å². The monoisotopic (exact) mass is 925 g/mol. The molecule has 0 fully saturated rings. The van der Waals surface area contributed by atoms with Gasteiger partial charge in [-0.05, 0) is 110 Å². The van der Waals surface area contributed by atoms with Crippen molar-refractivity contribution < 1.29 is 9.52 Å². The first-order chi connectivity index (χ1) is 34.0. The topological polar surface area (TPSA) is 64.1 Å². The Morgan fingerprint density at radius 2 is 1.08 bits per heavy atom. The van der Waals surface area contributed by atoms with Crippen molar-refractivity contribution in [3.05, 3.63) is 205 Å². The molecule has 0 spiro atoms. The summed E-state index contributed by atoms with van der Waals surface area (Å²) in [6, 6.07) is 64.4. The van der Waals surface area contributed by atoms with E-state index < -0.39 is 0 Å². The molecule has 0 radical (unpaired) electrons. The maximum Gasteiger partial charge on any atom is 0.149 e. The average Bonchev–Trinajstić information content (AvgIpc) is 3.95. The van der Waals surface area contributed by atoms with E-state index in [1.165, 1.54) is 16.7 Å². The van der Waals surface area contributed by atoms with Crippen LogP contribution in [-0.4, -0.2) is 19.6 Å². The number of para-hydroxylation sites is 2. The van der Waals surface area contributed by atoms with Crippen molar-refractivity contribution in [1.82, 2.24) is 14.5 Å². The number of fused-ring (bicyclic) bond motifs is 4. The lowest BCUT2D eigenvalue weighted by atomic mass is 9.79. The minimum absolute atomic E-state index is 0.0969. The van der Waals surface area contributed by atoms with Gasteiger partial charge in [0.05, 0.1) is 28.0 Å². The first-order valence-corrected chi connectivity index (χ1v) is 24.7. The number of furan rings is 1. The Morgan fingerprint density at radius 3 is 1.77 bits per heavy atom. The molecule has 0 aliphatic rings. The van der Waals surface area contributed by atoms with E-state index >= 15 is 0 Å². The molecule has 5 nitrogen and oxygen atoms in total. The van der Waals surface area contributed by atoms with Crippen LogP contribution in [0.1, 0.15) is 79.0 Å². The molecule has 0 bridgehead atoms. The minimum atomic E-state index is -0.351. The van der Waals surface area contributed by atoms with E-state index in [1.807, 2.05) is 24.4 Å². The third-order valence-corrected chi connectivity index (χ3v) is 14.0. The molecule has 11 rings (SSSR count). The number of benzene rings is 8. The van der Waals surface area contributed by atoms with Crippen LogP contribution in [0.2, 0.25) is 0 Å². The van der Waals surface area contributed by atoms with Crippen LogP contribution in [-0.2, 0) is 16.2 Å². The van der Waals surface area contributed by atoms with Gasteiger partial charge in [-0.25, -0.2) is 4.98 Å². The van der Waals surface area contributed by atoms with E-state index in [0.717, 1.165) is 94.4 Å². The van der Waals surface area contributed by atoms with Crippen molar-refractivity contribution in [2.45, 2.75) is 78.6 Å². The summed E-state index contributed by atoms with van der Waals surface area (Å²) in [4.78, 5) is 10.8. The molecule has 1 N–H and O–H groups in total. The molecule has 0 amide bonds. The summed E-state index contributed by atoms with van der Waals surface area (Å²) >= 11 is 0. The third-order valence-electron chi connectivity index (χ3n) is 14.0. The lowest BCUT2D eigenvalue weighted by Crippen LogP contribution is -2.17. The Balaban J connectivity index is 1.19. The molecule has 3 aromatic heterocycles. The van der Waals surface area contributed by atoms with Gasteiger partial charge in [-0.3, -0.25) is 9.55 Å². The molecule has 350 valence electrons. The SMILES string of the molecule is CC(C)(C)c1ccc(-n2c(-c3cc(C(C)(C)C)cc(C(C)(C)C)c3O)nc3c(-c4cc(-c5cc(-c6ccc(-c7ccccc7)cc6)ccn5)cc5c4oc4ccccc45)cccc32)c(-c2ccccc2)c1. The quantitative estimate of drug-likeness (QED) is 0.173. The highest BCUT2D eigenvalue weighted by atomic mass is 16.3. The molecule has 11 aromatic rings. The van der Waals surface area contributed by atoms with Crippen molar-refractivity contribution >= 4 is 33.0 Å². The molecule has 0 atom stereocenters. The van der Waals surface area contributed by atoms with E-state index in [4.69, 9.17) is 14.4 Å². The number of phenols is 1. The number of rotatable bonds is 7. The summed E-state index contributed by atoms with van der Waals surface area (Å²) in [5, 5.41) is 14.7. The summed E-state index contributed by atoms with van der Waals surface area (Å²) in [7, 11) is 0. The second-order valence-electron chi connectivity index (χ2n) is 22.1. The van der Waals surface area contributed by atoms with Crippen molar-refractivity contribution in [3.8, 4) is 78.6 Å². The van der Waals surface area contributed by atoms with E-state index in [2.05, 4.69) is 231 Å². The number of phenolic OH excluding ortho intramolecular Hbond substituents is 1. The van der Waals surface area contributed by atoms with Crippen molar-refractivity contribution in [2.75, 3.05) is 0 Å². The summed E-state index contributed by atoms with van der Waals surface area (Å²) in [6.45, 7) is 19.9. The van der Waals surface area contributed by atoms with Gasteiger partial charge in [-0.2, -0.15) is 0 Å². The van der Waals surface area contributed by atoms with Crippen molar-refractivity contribution in [3.63, 3.8) is 0 Å². The Labute approximate surface area is 417 Å². The van der Waals surface area contributed by atoms with E-state index in [1.54, 1.807) is 0 Å². The summed E-state index contributed by atoms with van der Waals surface area (Å²) in [5.74, 6) is 0.894. The normalized spacial score (nSPS) is 12.4. The summed E-state index contributed by atoms with van der Waals surface area (Å²) in [5.41, 5.74) is 17.9. The van der Waals surface area contributed by atoms with Crippen LogP contribution in [0.4, 0.5) is 0 Å². The van der Waals surface area contributed by atoms with Crippen LogP contribution >= 0.6 is 0 Å². The number of imidazole rings is 1. The minimum Gasteiger partial charge on any atom is -0.507 e. The Morgan fingerprint density at radius 1 is 0.451 bits per heavy atom. The van der Waals surface area contributed by atoms with Gasteiger partial charge in [0.25, 0.3) is 0 Å². The lowest BCUT2D eigenvalue weighted by molar-refractivity contribution is 0.446. The van der Waals surface area contributed by atoms with Gasteiger partial charge in [0.15, 0.2) is 0 Å². The van der Waals surface area contributed by atoms with Crippen molar-refractivity contribution in [2.24, 2.45) is 0 Å². The number of hydrogen-bond acceptors (Lipinski definition) is 4. The predicted octanol–water partition coefficient (Wildman–Crippen LogP) is 17.9. The van der Waals surface area contributed by atoms with Gasteiger partial charge < -0.3 is 9.52 Å². The average molecular weight is 926 g/mol. The van der Waals surface area contributed by atoms with Crippen LogP contribution in [0.3, 0.4) is 0 Å². The number of nitrogens with zero attached hydrogens (tertiary/aromatic N) is 3. The molecule has 0 saturated carbocycles. The van der Waals surface area contributed by atoms with Gasteiger partial charge in [-0.1, -0.05) is 190 Å². The molecular weight excluding hydrogens is 867 g/mol. The third kappa shape index (κ3) is 8.29.